The standard InChI is InChI=1S/C18H20N4O/c1-3-15-18(7-9-23-10-8-18)13-21(15)16-5-4-6-17(20-16)22-12-14(2)11-19-22/h1,4-6,11-12,15H,7-10,13H2,2H3. The van der Waals surface area contributed by atoms with Crippen molar-refractivity contribution in [3.8, 4) is 18.2 Å². The van der Waals surface area contributed by atoms with Crippen LogP contribution in [0.2, 0.25) is 0 Å². The van der Waals surface area contributed by atoms with E-state index in [0.29, 0.717) is 0 Å². The van der Waals surface area contributed by atoms with Crippen molar-refractivity contribution in [3.05, 3.63) is 36.2 Å². The number of terminal acetylenes is 1. The molecule has 2 aromatic rings. The molecule has 0 aliphatic carbocycles. The first kappa shape index (κ1) is 14.3. The van der Waals surface area contributed by atoms with Gasteiger partial charge in [-0.3, -0.25) is 0 Å². The van der Waals surface area contributed by atoms with Crippen LogP contribution in [0.4, 0.5) is 5.82 Å². The van der Waals surface area contributed by atoms with Gasteiger partial charge in [0, 0.05) is 31.4 Å². The average Bonchev–Trinajstić information content (AvgIpc) is 3.01. The maximum Gasteiger partial charge on any atom is 0.155 e. The van der Waals surface area contributed by atoms with E-state index in [1.807, 2.05) is 37.5 Å². The number of nitrogens with zero attached hydrogens (tertiary/aromatic N) is 4. The third kappa shape index (κ3) is 2.30. The van der Waals surface area contributed by atoms with Gasteiger partial charge in [-0.05, 0) is 37.5 Å². The van der Waals surface area contributed by atoms with Gasteiger partial charge in [-0.25, -0.2) is 9.67 Å². The van der Waals surface area contributed by atoms with Crippen molar-refractivity contribution in [2.24, 2.45) is 5.41 Å². The molecule has 23 heavy (non-hydrogen) atoms. The molecule has 118 valence electrons. The molecule has 0 saturated carbocycles. The molecule has 2 fully saturated rings. The van der Waals surface area contributed by atoms with Gasteiger partial charge in [0.15, 0.2) is 5.82 Å². The lowest BCUT2D eigenvalue weighted by Crippen LogP contribution is -2.66. The summed E-state index contributed by atoms with van der Waals surface area (Å²) in [6.45, 7) is 4.60. The summed E-state index contributed by atoms with van der Waals surface area (Å²) in [6.07, 6.45) is 11.7. The maximum atomic E-state index is 5.84. The summed E-state index contributed by atoms with van der Waals surface area (Å²) >= 11 is 0. The van der Waals surface area contributed by atoms with E-state index < -0.39 is 0 Å². The van der Waals surface area contributed by atoms with Gasteiger partial charge in [0.25, 0.3) is 0 Å². The summed E-state index contributed by atoms with van der Waals surface area (Å²) in [6, 6.07) is 6.10. The van der Waals surface area contributed by atoms with Gasteiger partial charge in [-0.15, -0.1) is 6.42 Å². The van der Waals surface area contributed by atoms with Crippen molar-refractivity contribution in [1.29, 1.82) is 0 Å². The fraction of sp³-hybridized carbons (Fsp3) is 0.444. The highest BCUT2D eigenvalue weighted by molar-refractivity contribution is 5.51. The Hall–Kier alpha value is -2.32. The molecule has 5 nitrogen and oxygen atoms in total. The molecular formula is C18H20N4O. The lowest BCUT2D eigenvalue weighted by molar-refractivity contribution is -0.0151. The highest BCUT2D eigenvalue weighted by Crippen LogP contribution is 2.47. The molecule has 4 rings (SSSR count). The Morgan fingerprint density at radius 3 is 2.78 bits per heavy atom. The van der Waals surface area contributed by atoms with Gasteiger partial charge >= 0.3 is 0 Å². The van der Waals surface area contributed by atoms with Crippen molar-refractivity contribution in [2.45, 2.75) is 25.8 Å². The van der Waals surface area contributed by atoms with Crippen LogP contribution in [0.5, 0.6) is 0 Å². The summed E-state index contributed by atoms with van der Waals surface area (Å²) in [5.41, 5.74) is 1.32. The normalized spacial score (nSPS) is 22.6. The lowest BCUT2D eigenvalue weighted by atomic mass is 9.66. The molecule has 1 spiro atoms. The molecule has 4 heterocycles. The third-order valence-electron chi connectivity index (χ3n) is 4.98. The topological polar surface area (TPSA) is 43.2 Å². The second-order valence-electron chi connectivity index (χ2n) is 6.49. The molecule has 0 aromatic carbocycles. The number of ether oxygens (including phenoxy) is 1. The van der Waals surface area contributed by atoms with Crippen LogP contribution in [0.25, 0.3) is 5.82 Å². The smallest absolute Gasteiger partial charge is 0.155 e. The number of aromatic nitrogens is 3. The fourth-order valence-corrected chi connectivity index (χ4v) is 3.66. The molecule has 1 unspecified atom stereocenters. The van der Waals surface area contributed by atoms with Crippen LogP contribution in [0, 0.1) is 24.7 Å². The van der Waals surface area contributed by atoms with E-state index >= 15 is 0 Å². The summed E-state index contributed by atoms with van der Waals surface area (Å²) in [5.74, 6) is 4.73. The predicted molar refractivity (Wildman–Crippen MR) is 88.5 cm³/mol. The summed E-state index contributed by atoms with van der Waals surface area (Å²) in [7, 11) is 0. The second kappa shape index (κ2) is 5.39. The Morgan fingerprint density at radius 1 is 1.30 bits per heavy atom. The first-order valence-corrected chi connectivity index (χ1v) is 8.01. The van der Waals surface area contributed by atoms with Crippen LogP contribution < -0.4 is 4.90 Å². The van der Waals surface area contributed by atoms with E-state index in [1.54, 1.807) is 4.68 Å². The predicted octanol–water partition coefficient (Wildman–Crippen LogP) is 2.19. The number of rotatable bonds is 2. The van der Waals surface area contributed by atoms with E-state index in [1.165, 1.54) is 0 Å². The van der Waals surface area contributed by atoms with Gasteiger partial charge in [-0.1, -0.05) is 12.0 Å². The van der Waals surface area contributed by atoms with E-state index in [0.717, 1.165) is 49.8 Å². The highest BCUT2D eigenvalue weighted by Gasteiger charge is 2.52. The quantitative estimate of drug-likeness (QED) is 0.798. The monoisotopic (exact) mass is 308 g/mol. The molecule has 2 aliphatic heterocycles. The maximum absolute atomic E-state index is 5.84. The summed E-state index contributed by atoms with van der Waals surface area (Å²) in [5, 5.41) is 4.33. The summed E-state index contributed by atoms with van der Waals surface area (Å²) in [4.78, 5) is 6.98. The minimum absolute atomic E-state index is 0.105. The number of aryl methyl sites for hydroxylation is 1. The molecule has 2 aromatic heterocycles. The summed E-state index contributed by atoms with van der Waals surface area (Å²) < 4.78 is 7.30. The largest absolute Gasteiger partial charge is 0.381 e. The molecule has 0 radical (unpaired) electrons. The average molecular weight is 308 g/mol. The van der Waals surface area contributed by atoms with Gasteiger partial charge in [0.2, 0.25) is 0 Å². The number of pyridine rings is 1. The van der Waals surface area contributed by atoms with Crippen molar-refractivity contribution in [2.75, 3.05) is 24.7 Å². The fourth-order valence-electron chi connectivity index (χ4n) is 3.66. The van der Waals surface area contributed by atoms with E-state index in [2.05, 4.69) is 15.9 Å². The molecule has 2 saturated heterocycles. The number of hydrogen-bond acceptors (Lipinski definition) is 4. The van der Waals surface area contributed by atoms with Crippen LogP contribution in [0.3, 0.4) is 0 Å². The second-order valence-corrected chi connectivity index (χ2v) is 6.49. The SMILES string of the molecule is C#CC1N(c2cccc(-n3cc(C)cn3)n2)CC12CCOCC2. The van der Waals surface area contributed by atoms with Gasteiger partial charge in [0.1, 0.15) is 5.82 Å². The number of hydrogen-bond donors (Lipinski definition) is 0. The van der Waals surface area contributed by atoms with Crippen molar-refractivity contribution in [3.63, 3.8) is 0 Å². The van der Waals surface area contributed by atoms with Crippen molar-refractivity contribution >= 4 is 5.82 Å². The zero-order valence-electron chi connectivity index (χ0n) is 13.3. The Bertz CT molecular complexity index is 754. The Labute approximate surface area is 136 Å². The van der Waals surface area contributed by atoms with E-state index in [4.69, 9.17) is 16.1 Å². The Kier molecular flexibility index (Phi) is 3.35. The van der Waals surface area contributed by atoms with Crippen LogP contribution in [0.1, 0.15) is 18.4 Å². The Morgan fingerprint density at radius 2 is 2.09 bits per heavy atom. The van der Waals surface area contributed by atoms with E-state index in [9.17, 15) is 0 Å². The van der Waals surface area contributed by atoms with Crippen LogP contribution >= 0.6 is 0 Å². The Balaban J connectivity index is 1.61. The molecule has 0 N–H and O–H groups in total. The zero-order valence-corrected chi connectivity index (χ0v) is 13.3. The number of anilines is 1. The van der Waals surface area contributed by atoms with Crippen LogP contribution in [-0.4, -0.2) is 40.6 Å². The molecule has 2 aliphatic rings. The van der Waals surface area contributed by atoms with E-state index in [-0.39, 0.29) is 11.5 Å². The minimum atomic E-state index is 0.105. The molecule has 0 amide bonds. The van der Waals surface area contributed by atoms with Crippen LogP contribution in [-0.2, 0) is 4.74 Å². The first-order valence-electron chi connectivity index (χ1n) is 8.01. The lowest BCUT2D eigenvalue weighted by Gasteiger charge is -2.57. The van der Waals surface area contributed by atoms with Crippen molar-refractivity contribution in [1.82, 2.24) is 14.8 Å². The third-order valence-corrected chi connectivity index (χ3v) is 4.98. The van der Waals surface area contributed by atoms with Gasteiger partial charge < -0.3 is 9.64 Å². The van der Waals surface area contributed by atoms with Crippen LogP contribution in [0.15, 0.2) is 30.6 Å². The van der Waals surface area contributed by atoms with Gasteiger partial charge in [0.05, 0.1) is 12.2 Å². The first-order chi connectivity index (χ1) is 11.2. The molecule has 1 atom stereocenters. The molecule has 0 bridgehead atoms. The molecule has 5 heteroatoms. The molecular weight excluding hydrogens is 288 g/mol. The zero-order chi connectivity index (χ0) is 15.9. The minimum Gasteiger partial charge on any atom is -0.381 e. The van der Waals surface area contributed by atoms with Crippen molar-refractivity contribution < 1.29 is 4.74 Å². The van der Waals surface area contributed by atoms with Gasteiger partial charge in [-0.2, -0.15) is 5.10 Å². The highest BCUT2D eigenvalue weighted by atomic mass is 16.5.